The summed E-state index contributed by atoms with van der Waals surface area (Å²) in [4.78, 5) is 11.9. The molecule has 0 unspecified atom stereocenters. The number of aryl methyl sites for hydroxylation is 1. The maximum absolute atomic E-state index is 13.1. The van der Waals surface area contributed by atoms with E-state index in [1.807, 2.05) is 12.1 Å². The van der Waals surface area contributed by atoms with E-state index in [0.717, 1.165) is 12.1 Å². The van der Waals surface area contributed by atoms with Crippen molar-refractivity contribution in [1.82, 2.24) is 10.2 Å². The van der Waals surface area contributed by atoms with Gasteiger partial charge in [-0.15, -0.1) is 10.2 Å². The lowest BCUT2D eigenvalue weighted by molar-refractivity contribution is -0.113. The Kier molecular flexibility index (Phi) is 6.19. The first kappa shape index (κ1) is 18.3. The molecule has 134 valence electrons. The first-order valence-corrected chi connectivity index (χ1v) is 9.80. The summed E-state index contributed by atoms with van der Waals surface area (Å²) in [6.45, 7) is 2.11. The molecule has 2 N–H and O–H groups in total. The highest BCUT2D eigenvalue weighted by Gasteiger charge is 2.09. The van der Waals surface area contributed by atoms with Crippen LogP contribution < -0.4 is 10.6 Å². The number of hydrogen-bond acceptors (Lipinski definition) is 6. The van der Waals surface area contributed by atoms with Crippen LogP contribution in [0.15, 0.2) is 52.9 Å². The van der Waals surface area contributed by atoms with Gasteiger partial charge in [0.2, 0.25) is 11.0 Å². The summed E-state index contributed by atoms with van der Waals surface area (Å²) in [6.07, 6.45) is 0.998. The zero-order chi connectivity index (χ0) is 18.4. The lowest BCUT2D eigenvalue weighted by Crippen LogP contribution is -2.13. The Morgan fingerprint density at radius 2 is 1.96 bits per heavy atom. The highest BCUT2D eigenvalue weighted by molar-refractivity contribution is 8.01. The lowest BCUT2D eigenvalue weighted by Gasteiger charge is -2.04. The summed E-state index contributed by atoms with van der Waals surface area (Å²) in [5.41, 5.74) is 2.65. The molecule has 0 aliphatic rings. The summed E-state index contributed by atoms with van der Waals surface area (Å²) in [5, 5.41) is 14.7. The molecule has 8 heteroatoms. The van der Waals surface area contributed by atoms with Gasteiger partial charge in [-0.3, -0.25) is 4.79 Å². The Labute approximate surface area is 159 Å². The van der Waals surface area contributed by atoms with Crippen LogP contribution in [0, 0.1) is 5.82 Å². The van der Waals surface area contributed by atoms with Crippen LogP contribution in [0.25, 0.3) is 0 Å². The number of nitrogens with zero attached hydrogens (tertiary/aromatic N) is 2. The van der Waals surface area contributed by atoms with Gasteiger partial charge in [0.1, 0.15) is 5.82 Å². The van der Waals surface area contributed by atoms with Crippen molar-refractivity contribution in [2.24, 2.45) is 0 Å². The second kappa shape index (κ2) is 8.77. The molecular weight excluding hydrogens is 371 g/mol. The van der Waals surface area contributed by atoms with Crippen molar-refractivity contribution in [1.29, 1.82) is 0 Å². The van der Waals surface area contributed by atoms with Gasteiger partial charge in [-0.2, -0.15) is 0 Å². The van der Waals surface area contributed by atoms with Crippen LogP contribution in [0.1, 0.15) is 12.5 Å². The fourth-order valence-electron chi connectivity index (χ4n) is 2.16. The molecule has 1 aromatic heterocycles. The standard InChI is InChI=1S/C18H17FN4OS2/c1-2-12-6-8-14(9-7-12)21-17-22-23-18(26-17)25-11-16(24)20-15-5-3-4-13(19)10-15/h3-10H,2,11H2,1H3,(H,20,24)(H,21,22). The van der Waals surface area contributed by atoms with Gasteiger partial charge in [-0.25, -0.2) is 4.39 Å². The number of rotatable bonds is 7. The molecule has 26 heavy (non-hydrogen) atoms. The monoisotopic (exact) mass is 388 g/mol. The highest BCUT2D eigenvalue weighted by Crippen LogP contribution is 2.27. The van der Waals surface area contributed by atoms with Gasteiger partial charge in [0.05, 0.1) is 5.75 Å². The Morgan fingerprint density at radius 3 is 2.69 bits per heavy atom. The number of aromatic nitrogens is 2. The Bertz CT molecular complexity index is 883. The first-order valence-electron chi connectivity index (χ1n) is 8.00. The van der Waals surface area contributed by atoms with Gasteiger partial charge < -0.3 is 10.6 Å². The van der Waals surface area contributed by atoms with Crippen LogP contribution in [0.3, 0.4) is 0 Å². The number of carbonyl (C=O) groups is 1. The van der Waals surface area contributed by atoms with E-state index < -0.39 is 0 Å². The number of amides is 1. The zero-order valence-electron chi connectivity index (χ0n) is 14.0. The lowest BCUT2D eigenvalue weighted by atomic mass is 10.1. The molecule has 0 aliphatic heterocycles. The van der Waals surface area contributed by atoms with Crippen molar-refractivity contribution in [2.75, 3.05) is 16.4 Å². The minimum Gasteiger partial charge on any atom is -0.330 e. The molecule has 1 heterocycles. The molecule has 5 nitrogen and oxygen atoms in total. The second-order valence-corrected chi connectivity index (χ2v) is 7.60. The predicted molar refractivity (Wildman–Crippen MR) is 105 cm³/mol. The van der Waals surface area contributed by atoms with Crippen LogP contribution in [0.4, 0.5) is 20.9 Å². The van der Waals surface area contributed by atoms with E-state index in [2.05, 4.69) is 39.9 Å². The maximum atomic E-state index is 13.1. The molecule has 0 fully saturated rings. The molecule has 0 aliphatic carbocycles. The number of nitrogens with one attached hydrogen (secondary N) is 2. The Hall–Kier alpha value is -2.45. The van der Waals surface area contributed by atoms with Crippen LogP contribution in [-0.4, -0.2) is 21.9 Å². The second-order valence-electron chi connectivity index (χ2n) is 5.40. The molecular formula is C18H17FN4OS2. The fourth-order valence-corrected chi connectivity index (χ4v) is 3.73. The van der Waals surface area contributed by atoms with E-state index in [1.54, 1.807) is 12.1 Å². The van der Waals surface area contributed by atoms with E-state index in [-0.39, 0.29) is 17.5 Å². The van der Waals surface area contributed by atoms with Crippen molar-refractivity contribution >= 4 is 45.5 Å². The van der Waals surface area contributed by atoms with Crippen molar-refractivity contribution in [3.63, 3.8) is 0 Å². The van der Waals surface area contributed by atoms with E-state index in [9.17, 15) is 9.18 Å². The normalized spacial score (nSPS) is 10.5. The maximum Gasteiger partial charge on any atom is 0.234 e. The van der Waals surface area contributed by atoms with Crippen LogP contribution in [0.2, 0.25) is 0 Å². The quantitative estimate of drug-likeness (QED) is 0.574. The number of hydrogen-bond donors (Lipinski definition) is 2. The molecule has 1 amide bonds. The summed E-state index contributed by atoms with van der Waals surface area (Å²) in [7, 11) is 0. The summed E-state index contributed by atoms with van der Waals surface area (Å²) < 4.78 is 13.8. The summed E-state index contributed by atoms with van der Waals surface area (Å²) >= 11 is 2.67. The largest absolute Gasteiger partial charge is 0.330 e. The summed E-state index contributed by atoms with van der Waals surface area (Å²) in [5.74, 6) is -0.432. The fraction of sp³-hybridized carbons (Fsp3) is 0.167. The number of thioether (sulfide) groups is 1. The van der Waals surface area contributed by atoms with Gasteiger partial charge in [0.25, 0.3) is 0 Å². The highest BCUT2D eigenvalue weighted by atomic mass is 32.2. The smallest absolute Gasteiger partial charge is 0.234 e. The number of benzene rings is 2. The molecule has 3 rings (SSSR count). The Morgan fingerprint density at radius 1 is 1.15 bits per heavy atom. The van der Waals surface area contributed by atoms with Gasteiger partial charge in [-0.05, 0) is 42.3 Å². The molecule has 2 aromatic carbocycles. The van der Waals surface area contributed by atoms with E-state index in [0.29, 0.717) is 15.2 Å². The van der Waals surface area contributed by atoms with Gasteiger partial charge in [-0.1, -0.05) is 48.2 Å². The number of anilines is 3. The van der Waals surface area contributed by atoms with Crippen molar-refractivity contribution < 1.29 is 9.18 Å². The molecule has 0 spiro atoms. The predicted octanol–water partition coefficient (Wildman–Crippen LogP) is 4.71. The third-order valence-corrected chi connectivity index (χ3v) is 5.43. The zero-order valence-corrected chi connectivity index (χ0v) is 15.7. The molecule has 0 saturated heterocycles. The molecule has 0 atom stereocenters. The van der Waals surface area contributed by atoms with Crippen LogP contribution in [-0.2, 0) is 11.2 Å². The van der Waals surface area contributed by atoms with E-state index in [1.165, 1.54) is 40.8 Å². The first-order chi connectivity index (χ1) is 12.6. The Balaban J connectivity index is 1.50. The van der Waals surface area contributed by atoms with Crippen molar-refractivity contribution in [3.8, 4) is 0 Å². The minimum absolute atomic E-state index is 0.177. The van der Waals surface area contributed by atoms with Gasteiger partial charge in [0, 0.05) is 11.4 Å². The van der Waals surface area contributed by atoms with Gasteiger partial charge in [0.15, 0.2) is 4.34 Å². The average molecular weight is 388 g/mol. The van der Waals surface area contributed by atoms with E-state index in [4.69, 9.17) is 0 Å². The third kappa shape index (κ3) is 5.27. The van der Waals surface area contributed by atoms with Crippen molar-refractivity contribution in [3.05, 3.63) is 59.9 Å². The number of halogens is 1. The van der Waals surface area contributed by atoms with Crippen LogP contribution in [0.5, 0.6) is 0 Å². The van der Waals surface area contributed by atoms with Gasteiger partial charge >= 0.3 is 0 Å². The third-order valence-electron chi connectivity index (χ3n) is 3.46. The van der Waals surface area contributed by atoms with Crippen molar-refractivity contribution in [2.45, 2.75) is 17.7 Å². The molecule has 0 radical (unpaired) electrons. The average Bonchev–Trinajstić information content (AvgIpc) is 3.08. The van der Waals surface area contributed by atoms with E-state index >= 15 is 0 Å². The van der Waals surface area contributed by atoms with Crippen LogP contribution >= 0.6 is 23.1 Å². The molecule has 3 aromatic rings. The molecule has 0 bridgehead atoms. The summed E-state index contributed by atoms with van der Waals surface area (Å²) in [6, 6.07) is 13.9. The topological polar surface area (TPSA) is 66.9 Å². The SMILES string of the molecule is CCc1ccc(Nc2nnc(SCC(=O)Nc3cccc(F)c3)s2)cc1. The minimum atomic E-state index is -0.387. The molecule has 0 saturated carbocycles. The number of carbonyl (C=O) groups excluding carboxylic acids is 1.